The van der Waals surface area contributed by atoms with Crippen LogP contribution in [0.15, 0.2) is 27.2 Å². The number of halogens is 2. The molecule has 4 nitrogen and oxygen atoms in total. The Hall–Kier alpha value is -0.850. The van der Waals surface area contributed by atoms with Crippen molar-refractivity contribution >= 4 is 43.9 Å². The Kier molecular flexibility index (Phi) is 5.67. The molecule has 1 aromatic carbocycles. The smallest absolute Gasteiger partial charge is 0.328 e. The second-order valence-electron chi connectivity index (χ2n) is 3.04. The van der Waals surface area contributed by atoms with Crippen molar-refractivity contribution in [1.82, 2.24) is 0 Å². The summed E-state index contributed by atoms with van der Waals surface area (Å²) in [5, 5.41) is 8.53. The Morgan fingerprint density at radius 3 is 2.47 bits per heavy atom. The van der Waals surface area contributed by atoms with Gasteiger partial charge in [-0.3, -0.25) is 0 Å². The predicted octanol–water partition coefficient (Wildman–Crippen LogP) is 3.29. The van der Waals surface area contributed by atoms with Crippen molar-refractivity contribution in [2.24, 2.45) is 0 Å². The van der Waals surface area contributed by atoms with Crippen molar-refractivity contribution in [3.8, 4) is 5.75 Å². The normalized spacial score (nSPS) is 10.8. The summed E-state index contributed by atoms with van der Waals surface area (Å²) < 4.78 is 11.6. The van der Waals surface area contributed by atoms with E-state index < -0.39 is 5.97 Å². The maximum atomic E-state index is 10.4. The van der Waals surface area contributed by atoms with Crippen LogP contribution in [-0.4, -0.2) is 25.0 Å². The summed E-state index contributed by atoms with van der Waals surface area (Å²) in [6.07, 6.45) is 2.57. The molecular weight excluding hydrogens is 356 g/mol. The molecule has 1 aromatic rings. The van der Waals surface area contributed by atoms with E-state index in [0.29, 0.717) is 14.7 Å². The molecule has 0 aliphatic heterocycles. The molecule has 0 aliphatic rings. The number of benzene rings is 1. The van der Waals surface area contributed by atoms with Crippen LogP contribution in [-0.2, 0) is 9.53 Å². The number of carboxylic acid groups (broad SMARTS) is 1. The number of hydrogen-bond acceptors (Lipinski definition) is 3. The van der Waals surface area contributed by atoms with E-state index in [-0.39, 0.29) is 6.79 Å². The number of aliphatic carboxylic acids is 1. The average Bonchev–Trinajstić information content (AvgIpc) is 2.25. The SMILES string of the molecule is COCOc1c(Br)cc(/C=C/C(=O)O)cc1Br. The molecule has 17 heavy (non-hydrogen) atoms. The quantitative estimate of drug-likeness (QED) is 0.642. The fourth-order valence-corrected chi connectivity index (χ4v) is 2.55. The maximum absolute atomic E-state index is 10.4. The topological polar surface area (TPSA) is 55.8 Å². The highest BCUT2D eigenvalue weighted by molar-refractivity contribution is 9.11. The standard InChI is InChI=1S/C11H10Br2O4/c1-16-6-17-11-8(12)4-7(5-9(11)13)2-3-10(14)15/h2-5H,6H2,1H3,(H,14,15)/b3-2+. The van der Waals surface area contributed by atoms with E-state index in [1.165, 1.54) is 13.2 Å². The summed E-state index contributed by atoms with van der Waals surface area (Å²) in [5.74, 6) is -0.378. The molecule has 0 aromatic heterocycles. The zero-order valence-electron chi connectivity index (χ0n) is 8.94. The van der Waals surface area contributed by atoms with E-state index in [2.05, 4.69) is 31.9 Å². The van der Waals surface area contributed by atoms with Gasteiger partial charge in [0, 0.05) is 13.2 Å². The summed E-state index contributed by atoms with van der Waals surface area (Å²) in [5.41, 5.74) is 0.746. The lowest BCUT2D eigenvalue weighted by Crippen LogP contribution is -2.00. The van der Waals surface area contributed by atoms with Gasteiger partial charge in [-0.2, -0.15) is 0 Å². The van der Waals surface area contributed by atoms with Crippen molar-refractivity contribution in [3.63, 3.8) is 0 Å². The molecule has 1 rings (SSSR count). The van der Waals surface area contributed by atoms with Gasteiger partial charge in [0.25, 0.3) is 0 Å². The van der Waals surface area contributed by atoms with Crippen LogP contribution in [0.25, 0.3) is 6.08 Å². The van der Waals surface area contributed by atoms with Gasteiger partial charge in [-0.05, 0) is 55.6 Å². The van der Waals surface area contributed by atoms with Crippen molar-refractivity contribution in [2.45, 2.75) is 0 Å². The van der Waals surface area contributed by atoms with Gasteiger partial charge in [0.15, 0.2) is 12.5 Å². The number of ether oxygens (including phenoxy) is 2. The Balaban J connectivity index is 2.96. The Bertz CT molecular complexity index is 420. The predicted molar refractivity (Wildman–Crippen MR) is 71.0 cm³/mol. The molecule has 92 valence electrons. The summed E-state index contributed by atoms with van der Waals surface area (Å²) in [6, 6.07) is 3.52. The molecule has 0 saturated heterocycles. The molecule has 0 fully saturated rings. The van der Waals surface area contributed by atoms with Gasteiger partial charge in [0.05, 0.1) is 8.95 Å². The first-order chi connectivity index (χ1) is 8.04. The molecule has 0 heterocycles. The minimum atomic E-state index is -0.989. The third kappa shape index (κ3) is 4.49. The summed E-state index contributed by atoms with van der Waals surface area (Å²) in [6.45, 7) is 0.140. The summed E-state index contributed by atoms with van der Waals surface area (Å²) >= 11 is 6.69. The van der Waals surface area contributed by atoms with Crippen LogP contribution >= 0.6 is 31.9 Å². The number of hydrogen-bond donors (Lipinski definition) is 1. The number of carbonyl (C=O) groups is 1. The molecular formula is C11H10Br2O4. The van der Waals surface area contributed by atoms with E-state index in [0.717, 1.165) is 11.6 Å². The van der Waals surface area contributed by atoms with Crippen LogP contribution in [0.4, 0.5) is 0 Å². The first kappa shape index (κ1) is 14.2. The highest BCUT2D eigenvalue weighted by Gasteiger charge is 2.08. The van der Waals surface area contributed by atoms with Crippen LogP contribution in [0, 0.1) is 0 Å². The average molecular weight is 366 g/mol. The Morgan fingerprint density at radius 2 is 2.00 bits per heavy atom. The summed E-state index contributed by atoms with van der Waals surface area (Å²) in [7, 11) is 1.53. The third-order valence-electron chi connectivity index (χ3n) is 1.76. The lowest BCUT2D eigenvalue weighted by molar-refractivity contribution is -0.131. The highest BCUT2D eigenvalue weighted by Crippen LogP contribution is 2.35. The van der Waals surface area contributed by atoms with Gasteiger partial charge < -0.3 is 14.6 Å². The number of rotatable bonds is 5. The molecule has 0 atom stereocenters. The van der Waals surface area contributed by atoms with E-state index >= 15 is 0 Å². The van der Waals surface area contributed by atoms with E-state index in [1.54, 1.807) is 12.1 Å². The van der Waals surface area contributed by atoms with Gasteiger partial charge in [0.1, 0.15) is 0 Å². The zero-order valence-corrected chi connectivity index (χ0v) is 12.1. The summed E-state index contributed by atoms with van der Waals surface area (Å²) in [4.78, 5) is 10.4. The minimum Gasteiger partial charge on any atom is -0.478 e. The largest absolute Gasteiger partial charge is 0.478 e. The lowest BCUT2D eigenvalue weighted by atomic mass is 10.2. The molecule has 0 aliphatic carbocycles. The van der Waals surface area contributed by atoms with Gasteiger partial charge in [-0.25, -0.2) is 4.79 Å². The highest BCUT2D eigenvalue weighted by atomic mass is 79.9. The maximum Gasteiger partial charge on any atom is 0.328 e. The fraction of sp³-hybridized carbons (Fsp3) is 0.182. The molecule has 1 N–H and O–H groups in total. The molecule has 0 bridgehead atoms. The van der Waals surface area contributed by atoms with Crippen LogP contribution in [0.5, 0.6) is 5.75 Å². The molecule has 0 spiro atoms. The van der Waals surface area contributed by atoms with Crippen LogP contribution < -0.4 is 4.74 Å². The second-order valence-corrected chi connectivity index (χ2v) is 4.74. The third-order valence-corrected chi connectivity index (χ3v) is 2.94. The monoisotopic (exact) mass is 364 g/mol. The number of methoxy groups -OCH3 is 1. The van der Waals surface area contributed by atoms with Gasteiger partial charge >= 0.3 is 5.97 Å². The molecule has 0 radical (unpaired) electrons. The van der Waals surface area contributed by atoms with Crippen molar-refractivity contribution in [3.05, 3.63) is 32.7 Å². The lowest BCUT2D eigenvalue weighted by Gasteiger charge is -2.10. The van der Waals surface area contributed by atoms with Crippen LogP contribution in [0.3, 0.4) is 0 Å². The van der Waals surface area contributed by atoms with E-state index in [4.69, 9.17) is 14.6 Å². The van der Waals surface area contributed by atoms with Crippen LogP contribution in [0.2, 0.25) is 0 Å². The van der Waals surface area contributed by atoms with Gasteiger partial charge in [0.2, 0.25) is 0 Å². The molecule has 0 saturated carbocycles. The van der Waals surface area contributed by atoms with Crippen LogP contribution in [0.1, 0.15) is 5.56 Å². The minimum absolute atomic E-state index is 0.140. The first-order valence-corrected chi connectivity index (χ1v) is 6.15. The van der Waals surface area contributed by atoms with Gasteiger partial charge in [-0.1, -0.05) is 0 Å². The first-order valence-electron chi connectivity index (χ1n) is 4.56. The Labute approximate surface area is 115 Å². The Morgan fingerprint density at radius 1 is 1.41 bits per heavy atom. The zero-order chi connectivity index (χ0) is 12.8. The van der Waals surface area contributed by atoms with Crippen molar-refractivity contribution in [2.75, 3.05) is 13.9 Å². The van der Waals surface area contributed by atoms with E-state index in [1.807, 2.05) is 0 Å². The second kappa shape index (κ2) is 6.78. The van der Waals surface area contributed by atoms with E-state index in [9.17, 15) is 4.79 Å². The molecule has 6 heteroatoms. The molecule has 0 amide bonds. The van der Waals surface area contributed by atoms with Crippen molar-refractivity contribution in [1.29, 1.82) is 0 Å². The van der Waals surface area contributed by atoms with Crippen molar-refractivity contribution < 1.29 is 19.4 Å². The molecule has 0 unspecified atom stereocenters. The number of carboxylic acids is 1. The fourth-order valence-electron chi connectivity index (χ4n) is 1.10. The van der Waals surface area contributed by atoms with Gasteiger partial charge in [-0.15, -0.1) is 0 Å².